The summed E-state index contributed by atoms with van der Waals surface area (Å²) in [4.78, 5) is 12.0. The molecule has 2 aromatic carbocycles. The third-order valence-corrected chi connectivity index (χ3v) is 3.99. The minimum atomic E-state index is -0.362. The highest BCUT2D eigenvalue weighted by Crippen LogP contribution is 2.30. The topological polar surface area (TPSA) is 50.4 Å². The van der Waals surface area contributed by atoms with Crippen molar-refractivity contribution in [2.75, 3.05) is 18.9 Å². The summed E-state index contributed by atoms with van der Waals surface area (Å²) in [6.07, 6.45) is 1.59. The Morgan fingerprint density at radius 3 is 2.76 bits per heavy atom. The number of hydrogen-bond donors (Lipinski definition) is 2. The fraction of sp³-hybridized carbons (Fsp3) is 0.353. The Hall–Kier alpha value is -2.07. The van der Waals surface area contributed by atoms with Crippen molar-refractivity contribution in [3.63, 3.8) is 0 Å². The lowest BCUT2D eigenvalue weighted by Gasteiger charge is -2.34. The maximum Gasteiger partial charge on any atom is 0.411 e. The number of nitrogens with one attached hydrogen (secondary N) is 2. The third kappa shape index (κ3) is 3.16. The third-order valence-electron chi connectivity index (χ3n) is 3.99. The molecule has 1 fully saturated rings. The molecule has 0 aromatic heterocycles. The predicted molar refractivity (Wildman–Crippen MR) is 84.5 cm³/mol. The number of ether oxygens (including phenoxy) is 1. The average molecular weight is 284 g/mol. The quantitative estimate of drug-likeness (QED) is 0.905. The average Bonchev–Trinajstić information content (AvgIpc) is 2.45. The molecule has 1 saturated carbocycles. The molecule has 4 nitrogen and oxygen atoms in total. The van der Waals surface area contributed by atoms with E-state index < -0.39 is 0 Å². The zero-order valence-electron chi connectivity index (χ0n) is 12.1. The van der Waals surface area contributed by atoms with E-state index in [9.17, 15) is 4.79 Å². The monoisotopic (exact) mass is 284 g/mol. The minimum absolute atomic E-state index is 0.0540. The van der Waals surface area contributed by atoms with Gasteiger partial charge in [0.1, 0.15) is 6.10 Å². The molecule has 0 saturated heterocycles. The summed E-state index contributed by atoms with van der Waals surface area (Å²) < 4.78 is 5.44. The SMILES string of the molecule is CNCC1CC(OC(=O)Nc2cccc3ccccc23)C1. The largest absolute Gasteiger partial charge is 0.446 e. The standard InChI is InChI=1S/C17H20N2O2/c1-18-11-12-9-14(10-12)21-17(20)19-16-8-4-6-13-5-2-3-7-15(13)16/h2-8,12,14,18H,9-11H2,1H3,(H,19,20). The number of fused-ring (bicyclic) bond motifs is 1. The molecule has 0 bridgehead atoms. The number of carbonyl (C=O) groups is 1. The Bertz CT molecular complexity index is 630. The molecule has 0 aliphatic heterocycles. The summed E-state index contributed by atoms with van der Waals surface area (Å²) in [5.74, 6) is 0.630. The molecule has 2 N–H and O–H groups in total. The van der Waals surface area contributed by atoms with Crippen molar-refractivity contribution in [1.29, 1.82) is 0 Å². The zero-order chi connectivity index (χ0) is 14.7. The van der Waals surface area contributed by atoms with E-state index in [4.69, 9.17) is 4.74 Å². The van der Waals surface area contributed by atoms with Crippen LogP contribution in [0.4, 0.5) is 10.5 Å². The number of rotatable bonds is 4. The zero-order valence-corrected chi connectivity index (χ0v) is 12.1. The first-order chi connectivity index (χ1) is 10.3. The predicted octanol–water partition coefficient (Wildman–Crippen LogP) is 3.39. The van der Waals surface area contributed by atoms with Gasteiger partial charge < -0.3 is 10.1 Å². The van der Waals surface area contributed by atoms with Gasteiger partial charge in [0.25, 0.3) is 0 Å². The molecule has 2 aromatic rings. The van der Waals surface area contributed by atoms with Gasteiger partial charge in [-0.1, -0.05) is 36.4 Å². The van der Waals surface area contributed by atoms with Crippen molar-refractivity contribution in [3.8, 4) is 0 Å². The van der Waals surface area contributed by atoms with Crippen molar-refractivity contribution in [3.05, 3.63) is 42.5 Å². The van der Waals surface area contributed by atoms with Gasteiger partial charge in [0.15, 0.2) is 0 Å². The molecule has 0 atom stereocenters. The fourth-order valence-electron chi connectivity index (χ4n) is 2.85. The van der Waals surface area contributed by atoms with Crippen LogP contribution in [0.5, 0.6) is 0 Å². The molecule has 3 rings (SSSR count). The number of amides is 1. The Morgan fingerprint density at radius 2 is 1.95 bits per heavy atom. The van der Waals surface area contributed by atoms with Gasteiger partial charge in [-0.25, -0.2) is 4.79 Å². The maximum atomic E-state index is 12.0. The van der Waals surface area contributed by atoms with Gasteiger partial charge in [-0.3, -0.25) is 5.32 Å². The van der Waals surface area contributed by atoms with Crippen LogP contribution in [0.3, 0.4) is 0 Å². The fourth-order valence-corrected chi connectivity index (χ4v) is 2.85. The number of benzene rings is 2. The molecule has 21 heavy (non-hydrogen) atoms. The molecular formula is C17H20N2O2. The maximum absolute atomic E-state index is 12.0. The number of hydrogen-bond acceptors (Lipinski definition) is 3. The highest BCUT2D eigenvalue weighted by molar-refractivity contribution is 6.00. The van der Waals surface area contributed by atoms with Crippen molar-refractivity contribution in [2.45, 2.75) is 18.9 Å². The van der Waals surface area contributed by atoms with Crippen LogP contribution in [0, 0.1) is 5.92 Å². The number of carbonyl (C=O) groups excluding carboxylic acids is 1. The van der Waals surface area contributed by atoms with Gasteiger partial charge in [-0.2, -0.15) is 0 Å². The Kier molecular flexibility index (Phi) is 4.06. The van der Waals surface area contributed by atoms with Crippen molar-refractivity contribution < 1.29 is 9.53 Å². The van der Waals surface area contributed by atoms with E-state index in [0.717, 1.165) is 35.8 Å². The van der Waals surface area contributed by atoms with Crippen LogP contribution in [0.1, 0.15) is 12.8 Å². The molecule has 1 aliphatic carbocycles. The van der Waals surface area contributed by atoms with Gasteiger partial charge >= 0.3 is 6.09 Å². The first kappa shape index (κ1) is 13.9. The minimum Gasteiger partial charge on any atom is -0.446 e. The van der Waals surface area contributed by atoms with Gasteiger partial charge in [0.2, 0.25) is 0 Å². The van der Waals surface area contributed by atoms with Crippen LogP contribution in [-0.4, -0.2) is 25.8 Å². The van der Waals surface area contributed by atoms with Gasteiger partial charge in [0, 0.05) is 5.39 Å². The van der Waals surface area contributed by atoms with E-state index in [1.807, 2.05) is 49.5 Å². The van der Waals surface area contributed by atoms with Crippen molar-refractivity contribution in [1.82, 2.24) is 5.32 Å². The summed E-state index contributed by atoms with van der Waals surface area (Å²) in [5, 5.41) is 8.13. The molecule has 110 valence electrons. The molecule has 1 aliphatic rings. The molecule has 4 heteroatoms. The Labute approximate surface area is 124 Å². The molecular weight excluding hydrogens is 264 g/mol. The summed E-state index contributed by atoms with van der Waals surface area (Å²) in [7, 11) is 1.95. The molecule has 0 heterocycles. The van der Waals surface area contributed by atoms with Crippen molar-refractivity contribution in [2.24, 2.45) is 5.92 Å². The van der Waals surface area contributed by atoms with E-state index in [-0.39, 0.29) is 12.2 Å². The summed E-state index contributed by atoms with van der Waals surface area (Å²) in [6.45, 7) is 0.991. The van der Waals surface area contributed by atoms with Gasteiger partial charge in [-0.05, 0) is 43.8 Å². The van der Waals surface area contributed by atoms with Crippen LogP contribution >= 0.6 is 0 Å². The first-order valence-electron chi connectivity index (χ1n) is 7.36. The van der Waals surface area contributed by atoms with E-state index in [2.05, 4.69) is 10.6 Å². The second-order valence-corrected chi connectivity index (χ2v) is 5.57. The van der Waals surface area contributed by atoms with Gasteiger partial charge in [-0.15, -0.1) is 0 Å². The highest BCUT2D eigenvalue weighted by Gasteiger charge is 2.31. The summed E-state index contributed by atoms with van der Waals surface area (Å²) in [5.41, 5.74) is 0.796. The second kappa shape index (κ2) is 6.14. The molecule has 0 unspecified atom stereocenters. The summed E-state index contributed by atoms with van der Waals surface area (Å²) in [6, 6.07) is 13.8. The van der Waals surface area contributed by atoms with Crippen LogP contribution in [0.25, 0.3) is 10.8 Å². The molecule has 1 amide bonds. The van der Waals surface area contributed by atoms with E-state index in [1.165, 1.54) is 0 Å². The molecule has 0 spiro atoms. The van der Waals surface area contributed by atoms with Crippen LogP contribution in [0.2, 0.25) is 0 Å². The Morgan fingerprint density at radius 1 is 1.19 bits per heavy atom. The normalized spacial score (nSPS) is 20.8. The lowest BCUT2D eigenvalue weighted by Crippen LogP contribution is -2.38. The lowest BCUT2D eigenvalue weighted by molar-refractivity contribution is 0.0257. The number of anilines is 1. The van der Waals surface area contributed by atoms with Crippen LogP contribution < -0.4 is 10.6 Å². The highest BCUT2D eigenvalue weighted by atomic mass is 16.6. The van der Waals surface area contributed by atoms with E-state index in [1.54, 1.807) is 0 Å². The van der Waals surface area contributed by atoms with E-state index >= 15 is 0 Å². The first-order valence-corrected chi connectivity index (χ1v) is 7.36. The Balaban J connectivity index is 1.60. The van der Waals surface area contributed by atoms with Crippen molar-refractivity contribution >= 4 is 22.6 Å². The second-order valence-electron chi connectivity index (χ2n) is 5.57. The molecule has 0 radical (unpaired) electrons. The van der Waals surface area contributed by atoms with E-state index in [0.29, 0.717) is 5.92 Å². The van der Waals surface area contributed by atoms with Gasteiger partial charge in [0.05, 0.1) is 5.69 Å². The lowest BCUT2D eigenvalue weighted by atomic mass is 9.82. The van der Waals surface area contributed by atoms with Crippen LogP contribution in [-0.2, 0) is 4.74 Å². The summed E-state index contributed by atoms with van der Waals surface area (Å²) >= 11 is 0. The smallest absolute Gasteiger partial charge is 0.411 e. The van der Waals surface area contributed by atoms with Crippen LogP contribution in [0.15, 0.2) is 42.5 Å².